The molecule has 0 fully saturated rings. The van der Waals surface area contributed by atoms with Crippen molar-refractivity contribution in [2.24, 2.45) is 5.92 Å². The molecule has 4 rings (SSSR count). The van der Waals surface area contributed by atoms with E-state index in [0.717, 1.165) is 42.8 Å². The molecular formula is C19H20N2O2. The van der Waals surface area contributed by atoms with Crippen LogP contribution in [0.25, 0.3) is 0 Å². The number of aryl methyl sites for hydroxylation is 1. The second-order valence-electron chi connectivity index (χ2n) is 6.21. The van der Waals surface area contributed by atoms with Gasteiger partial charge in [-0.15, -0.1) is 0 Å². The molecule has 0 saturated carbocycles. The number of benzene rings is 2. The Morgan fingerprint density at radius 2 is 2.09 bits per heavy atom. The van der Waals surface area contributed by atoms with Gasteiger partial charge in [-0.1, -0.05) is 18.2 Å². The zero-order valence-corrected chi connectivity index (χ0v) is 13.0. The van der Waals surface area contributed by atoms with Gasteiger partial charge in [0.05, 0.1) is 5.92 Å². The summed E-state index contributed by atoms with van der Waals surface area (Å²) in [6.07, 6.45) is 2.93. The molecule has 1 atom stereocenters. The summed E-state index contributed by atoms with van der Waals surface area (Å²) in [5.41, 5.74) is 4.44. The van der Waals surface area contributed by atoms with Crippen molar-refractivity contribution >= 4 is 17.3 Å². The molecule has 23 heavy (non-hydrogen) atoms. The Labute approximate surface area is 135 Å². The lowest BCUT2D eigenvalue weighted by Gasteiger charge is -2.25. The topological polar surface area (TPSA) is 50.4 Å². The van der Waals surface area contributed by atoms with Crippen LogP contribution in [0.2, 0.25) is 0 Å². The standard InChI is InChI=1S/C19H20N2O2/c22-19(15-10-14-4-1-2-6-18(14)23-12-15)21-16-7-8-17-13(11-16)5-3-9-20-17/h1-2,4,6-8,11,15,20H,3,5,9-10,12H2,(H,21,22). The molecule has 2 heterocycles. The fourth-order valence-electron chi connectivity index (χ4n) is 3.29. The van der Waals surface area contributed by atoms with Crippen molar-refractivity contribution in [3.05, 3.63) is 53.6 Å². The van der Waals surface area contributed by atoms with Crippen LogP contribution in [-0.2, 0) is 17.6 Å². The molecule has 2 N–H and O–H groups in total. The van der Waals surface area contributed by atoms with Gasteiger partial charge in [0.25, 0.3) is 0 Å². The lowest BCUT2D eigenvalue weighted by atomic mass is 9.96. The van der Waals surface area contributed by atoms with Crippen LogP contribution in [-0.4, -0.2) is 19.1 Å². The molecule has 2 aliphatic heterocycles. The fraction of sp³-hybridized carbons (Fsp3) is 0.316. The van der Waals surface area contributed by atoms with Crippen LogP contribution in [0.1, 0.15) is 17.5 Å². The number of anilines is 2. The molecule has 2 aromatic carbocycles. The summed E-state index contributed by atoms with van der Waals surface area (Å²) >= 11 is 0. The molecule has 2 aliphatic rings. The Morgan fingerprint density at radius 1 is 1.17 bits per heavy atom. The van der Waals surface area contributed by atoms with E-state index in [0.29, 0.717) is 6.61 Å². The molecule has 0 saturated heterocycles. The first-order valence-electron chi connectivity index (χ1n) is 8.18. The van der Waals surface area contributed by atoms with E-state index in [1.54, 1.807) is 0 Å². The van der Waals surface area contributed by atoms with E-state index in [1.165, 1.54) is 11.3 Å². The third kappa shape index (κ3) is 2.89. The highest BCUT2D eigenvalue weighted by molar-refractivity contribution is 5.93. The van der Waals surface area contributed by atoms with Gasteiger partial charge in [0.1, 0.15) is 12.4 Å². The van der Waals surface area contributed by atoms with Crippen molar-refractivity contribution in [3.8, 4) is 5.75 Å². The molecule has 0 aromatic heterocycles. The summed E-state index contributed by atoms with van der Waals surface area (Å²) in [6.45, 7) is 1.47. The molecule has 118 valence electrons. The molecule has 4 heteroatoms. The molecule has 0 radical (unpaired) electrons. The maximum atomic E-state index is 12.5. The molecule has 1 unspecified atom stereocenters. The van der Waals surface area contributed by atoms with E-state index in [1.807, 2.05) is 30.3 Å². The maximum Gasteiger partial charge on any atom is 0.231 e. The van der Waals surface area contributed by atoms with Crippen LogP contribution in [0.15, 0.2) is 42.5 Å². The number of fused-ring (bicyclic) bond motifs is 2. The van der Waals surface area contributed by atoms with Crippen LogP contribution in [0, 0.1) is 5.92 Å². The van der Waals surface area contributed by atoms with E-state index in [-0.39, 0.29) is 11.8 Å². The van der Waals surface area contributed by atoms with Crippen LogP contribution in [0.4, 0.5) is 11.4 Å². The lowest BCUT2D eigenvalue weighted by molar-refractivity contribution is -0.121. The first-order valence-corrected chi connectivity index (χ1v) is 8.18. The molecule has 4 nitrogen and oxygen atoms in total. The molecule has 0 bridgehead atoms. The third-order valence-electron chi connectivity index (χ3n) is 4.56. The van der Waals surface area contributed by atoms with E-state index in [4.69, 9.17) is 4.74 Å². The summed E-state index contributed by atoms with van der Waals surface area (Å²) in [5, 5.41) is 6.43. The van der Waals surface area contributed by atoms with Gasteiger partial charge in [0.2, 0.25) is 5.91 Å². The predicted molar refractivity (Wildman–Crippen MR) is 91.0 cm³/mol. The minimum absolute atomic E-state index is 0.0308. The number of carbonyl (C=O) groups excluding carboxylic acids is 1. The van der Waals surface area contributed by atoms with E-state index in [9.17, 15) is 4.79 Å². The van der Waals surface area contributed by atoms with Crippen LogP contribution < -0.4 is 15.4 Å². The number of rotatable bonds is 2. The first-order chi connectivity index (χ1) is 11.3. The summed E-state index contributed by atoms with van der Waals surface area (Å²) in [7, 11) is 0. The van der Waals surface area contributed by atoms with Gasteiger partial charge in [-0.25, -0.2) is 0 Å². The van der Waals surface area contributed by atoms with Crippen molar-refractivity contribution in [2.45, 2.75) is 19.3 Å². The predicted octanol–water partition coefficient (Wildman–Crippen LogP) is 3.23. The van der Waals surface area contributed by atoms with Gasteiger partial charge in [0.15, 0.2) is 0 Å². The summed E-state index contributed by atoms with van der Waals surface area (Å²) in [5.74, 6) is 0.790. The van der Waals surface area contributed by atoms with Gasteiger partial charge >= 0.3 is 0 Å². The Morgan fingerprint density at radius 3 is 3.04 bits per heavy atom. The summed E-state index contributed by atoms with van der Waals surface area (Å²) < 4.78 is 5.71. The number of hydrogen-bond acceptors (Lipinski definition) is 3. The second kappa shape index (κ2) is 5.95. The zero-order valence-electron chi connectivity index (χ0n) is 13.0. The molecule has 1 amide bonds. The summed E-state index contributed by atoms with van der Waals surface area (Å²) in [4.78, 5) is 12.5. The first kappa shape index (κ1) is 14.1. The number of hydrogen-bond donors (Lipinski definition) is 2. The number of nitrogens with one attached hydrogen (secondary N) is 2. The quantitative estimate of drug-likeness (QED) is 0.895. The van der Waals surface area contributed by atoms with Crippen molar-refractivity contribution in [3.63, 3.8) is 0 Å². The number of ether oxygens (including phenoxy) is 1. The van der Waals surface area contributed by atoms with Crippen molar-refractivity contribution in [1.29, 1.82) is 0 Å². The minimum Gasteiger partial charge on any atom is -0.492 e. The normalized spacial score (nSPS) is 18.9. The van der Waals surface area contributed by atoms with Gasteiger partial charge in [-0.2, -0.15) is 0 Å². The van der Waals surface area contributed by atoms with Gasteiger partial charge < -0.3 is 15.4 Å². The molecule has 0 spiro atoms. The van der Waals surface area contributed by atoms with Crippen LogP contribution in [0.3, 0.4) is 0 Å². The average molecular weight is 308 g/mol. The second-order valence-corrected chi connectivity index (χ2v) is 6.21. The Balaban J connectivity index is 1.46. The summed E-state index contributed by atoms with van der Waals surface area (Å²) in [6, 6.07) is 14.0. The highest BCUT2D eigenvalue weighted by Gasteiger charge is 2.26. The highest BCUT2D eigenvalue weighted by atomic mass is 16.5. The third-order valence-corrected chi connectivity index (χ3v) is 4.56. The average Bonchev–Trinajstić information content (AvgIpc) is 2.61. The van der Waals surface area contributed by atoms with Crippen LogP contribution in [0.5, 0.6) is 5.75 Å². The van der Waals surface area contributed by atoms with E-state index < -0.39 is 0 Å². The van der Waals surface area contributed by atoms with Gasteiger partial charge in [-0.3, -0.25) is 4.79 Å². The van der Waals surface area contributed by atoms with Gasteiger partial charge in [-0.05, 0) is 54.7 Å². The van der Waals surface area contributed by atoms with E-state index >= 15 is 0 Å². The Kier molecular flexibility index (Phi) is 3.66. The molecular weight excluding hydrogens is 288 g/mol. The number of carbonyl (C=O) groups is 1. The maximum absolute atomic E-state index is 12.5. The van der Waals surface area contributed by atoms with Gasteiger partial charge in [0, 0.05) is 17.9 Å². The van der Waals surface area contributed by atoms with Crippen molar-refractivity contribution in [1.82, 2.24) is 0 Å². The number of para-hydroxylation sites is 1. The van der Waals surface area contributed by atoms with Crippen molar-refractivity contribution in [2.75, 3.05) is 23.8 Å². The van der Waals surface area contributed by atoms with Crippen molar-refractivity contribution < 1.29 is 9.53 Å². The number of amides is 1. The lowest BCUT2D eigenvalue weighted by Crippen LogP contribution is -2.32. The SMILES string of the molecule is O=C(Nc1ccc2c(c1)CCCN2)C1COc2ccccc2C1. The van der Waals surface area contributed by atoms with Crippen LogP contribution >= 0.6 is 0 Å². The molecule has 0 aliphatic carbocycles. The highest BCUT2D eigenvalue weighted by Crippen LogP contribution is 2.29. The Bertz CT molecular complexity index is 742. The monoisotopic (exact) mass is 308 g/mol. The molecule has 2 aromatic rings. The fourth-order valence-corrected chi connectivity index (χ4v) is 3.29. The Hall–Kier alpha value is -2.49. The largest absolute Gasteiger partial charge is 0.492 e. The van der Waals surface area contributed by atoms with E-state index in [2.05, 4.69) is 22.8 Å². The smallest absolute Gasteiger partial charge is 0.231 e. The zero-order chi connectivity index (χ0) is 15.6. The minimum atomic E-state index is -0.140.